The second kappa shape index (κ2) is 5.27. The predicted molar refractivity (Wildman–Crippen MR) is 51.2 cm³/mol. The minimum atomic E-state index is -0.288. The highest BCUT2D eigenvalue weighted by Crippen LogP contribution is 2.22. The molecule has 0 aliphatic rings. The van der Waals surface area contributed by atoms with Gasteiger partial charge in [-0.2, -0.15) is 0 Å². The van der Waals surface area contributed by atoms with E-state index in [-0.39, 0.29) is 6.10 Å². The Morgan fingerprint density at radius 1 is 1.58 bits per heavy atom. The molecule has 0 bridgehead atoms. The Balaban J connectivity index is 2.25. The molecule has 0 aliphatic heterocycles. The van der Waals surface area contributed by atoms with Gasteiger partial charge in [-0.15, -0.1) is 11.3 Å². The van der Waals surface area contributed by atoms with Crippen LogP contribution >= 0.6 is 11.3 Å². The van der Waals surface area contributed by atoms with E-state index < -0.39 is 0 Å². The topological polar surface area (TPSA) is 33.1 Å². The lowest BCUT2D eigenvalue weighted by Gasteiger charge is -2.05. The van der Waals surface area contributed by atoms with Crippen molar-refractivity contribution in [1.29, 1.82) is 0 Å². The molecule has 0 aliphatic carbocycles. The second-order valence-electron chi connectivity index (χ2n) is 2.92. The van der Waals surface area contributed by atoms with Crippen molar-refractivity contribution in [3.63, 3.8) is 0 Å². The summed E-state index contributed by atoms with van der Waals surface area (Å²) in [7, 11) is 0. The van der Waals surface area contributed by atoms with E-state index in [1.807, 2.05) is 0 Å². The number of aliphatic hydroxyl groups is 1. The number of rotatable bonds is 5. The van der Waals surface area contributed by atoms with E-state index in [0.29, 0.717) is 0 Å². The number of unbranched alkanes of at least 4 members (excludes halogenated alkanes) is 2. The van der Waals surface area contributed by atoms with E-state index in [1.165, 1.54) is 24.2 Å². The van der Waals surface area contributed by atoms with Crippen molar-refractivity contribution in [3.8, 4) is 0 Å². The van der Waals surface area contributed by atoms with E-state index in [2.05, 4.69) is 11.9 Å². The van der Waals surface area contributed by atoms with E-state index >= 15 is 0 Å². The van der Waals surface area contributed by atoms with Gasteiger partial charge in [0.1, 0.15) is 0 Å². The standard InChI is InChI=1S/C9H15NOS/c1-2-3-4-5-8(11)9-6-10-7-12-9/h6-8,11H,2-5H2,1H3. The summed E-state index contributed by atoms with van der Waals surface area (Å²) in [5.74, 6) is 0. The summed E-state index contributed by atoms with van der Waals surface area (Å²) in [6, 6.07) is 0. The molecule has 1 atom stereocenters. The first-order valence-corrected chi connectivity index (χ1v) is 5.29. The van der Waals surface area contributed by atoms with Gasteiger partial charge in [-0.3, -0.25) is 4.98 Å². The molecule has 1 heterocycles. The van der Waals surface area contributed by atoms with Gasteiger partial charge in [0.25, 0.3) is 0 Å². The summed E-state index contributed by atoms with van der Waals surface area (Å²) in [5.41, 5.74) is 1.76. The molecule has 1 unspecified atom stereocenters. The molecule has 1 aromatic heterocycles. The fourth-order valence-electron chi connectivity index (χ4n) is 1.12. The SMILES string of the molecule is CCCCCC(O)c1cncs1. The Kier molecular flexibility index (Phi) is 4.25. The summed E-state index contributed by atoms with van der Waals surface area (Å²) in [4.78, 5) is 4.92. The molecule has 0 spiro atoms. The van der Waals surface area contributed by atoms with Gasteiger partial charge in [-0.05, 0) is 6.42 Å². The molecule has 68 valence electrons. The highest BCUT2D eigenvalue weighted by atomic mass is 32.1. The average molecular weight is 185 g/mol. The second-order valence-corrected chi connectivity index (χ2v) is 3.83. The largest absolute Gasteiger partial charge is 0.388 e. The van der Waals surface area contributed by atoms with Gasteiger partial charge in [0.15, 0.2) is 0 Å². The zero-order valence-electron chi connectivity index (χ0n) is 7.36. The highest BCUT2D eigenvalue weighted by molar-refractivity contribution is 7.09. The zero-order chi connectivity index (χ0) is 8.81. The highest BCUT2D eigenvalue weighted by Gasteiger charge is 2.07. The van der Waals surface area contributed by atoms with Gasteiger partial charge in [0, 0.05) is 6.20 Å². The van der Waals surface area contributed by atoms with Crippen LogP contribution in [0.2, 0.25) is 0 Å². The van der Waals surface area contributed by atoms with Crippen LogP contribution in [0.3, 0.4) is 0 Å². The molecule has 0 saturated heterocycles. The van der Waals surface area contributed by atoms with E-state index in [1.54, 1.807) is 11.7 Å². The van der Waals surface area contributed by atoms with Crippen LogP contribution in [0.1, 0.15) is 43.6 Å². The molecule has 0 fully saturated rings. The van der Waals surface area contributed by atoms with Crippen LogP contribution in [0, 0.1) is 0 Å². The Hall–Kier alpha value is -0.410. The maximum atomic E-state index is 9.61. The minimum Gasteiger partial charge on any atom is -0.388 e. The van der Waals surface area contributed by atoms with Crippen molar-refractivity contribution in [2.24, 2.45) is 0 Å². The Labute approximate surface area is 77.3 Å². The Morgan fingerprint density at radius 2 is 2.42 bits per heavy atom. The van der Waals surface area contributed by atoms with Gasteiger partial charge in [-0.1, -0.05) is 26.2 Å². The first kappa shape index (κ1) is 9.68. The van der Waals surface area contributed by atoms with Gasteiger partial charge in [-0.25, -0.2) is 0 Å². The molecule has 0 aromatic carbocycles. The fraction of sp³-hybridized carbons (Fsp3) is 0.667. The van der Waals surface area contributed by atoms with Crippen LogP contribution in [0.5, 0.6) is 0 Å². The monoisotopic (exact) mass is 185 g/mol. The first-order valence-electron chi connectivity index (χ1n) is 4.41. The fourth-order valence-corrected chi connectivity index (χ4v) is 1.76. The zero-order valence-corrected chi connectivity index (χ0v) is 8.18. The maximum absolute atomic E-state index is 9.61. The van der Waals surface area contributed by atoms with Crippen LogP contribution in [-0.4, -0.2) is 10.1 Å². The molecule has 0 amide bonds. The van der Waals surface area contributed by atoms with Crippen molar-refractivity contribution in [1.82, 2.24) is 4.98 Å². The molecule has 0 saturated carbocycles. The lowest BCUT2D eigenvalue weighted by Crippen LogP contribution is -1.93. The normalized spacial score (nSPS) is 13.2. The molecule has 2 nitrogen and oxygen atoms in total. The van der Waals surface area contributed by atoms with Gasteiger partial charge < -0.3 is 5.11 Å². The molecular weight excluding hydrogens is 170 g/mol. The van der Waals surface area contributed by atoms with Crippen LogP contribution in [0.4, 0.5) is 0 Å². The number of hydrogen-bond acceptors (Lipinski definition) is 3. The van der Waals surface area contributed by atoms with Crippen LogP contribution in [0.25, 0.3) is 0 Å². The van der Waals surface area contributed by atoms with Crippen molar-refractivity contribution in [3.05, 3.63) is 16.6 Å². The van der Waals surface area contributed by atoms with Crippen molar-refractivity contribution in [2.45, 2.75) is 38.7 Å². The van der Waals surface area contributed by atoms with Crippen LogP contribution in [-0.2, 0) is 0 Å². The number of hydrogen-bond donors (Lipinski definition) is 1. The Morgan fingerprint density at radius 3 is 3.00 bits per heavy atom. The number of aromatic nitrogens is 1. The predicted octanol–water partition coefficient (Wildman–Crippen LogP) is 2.76. The van der Waals surface area contributed by atoms with Gasteiger partial charge in [0.05, 0.1) is 16.5 Å². The van der Waals surface area contributed by atoms with Crippen molar-refractivity contribution < 1.29 is 5.11 Å². The number of nitrogens with zero attached hydrogens (tertiary/aromatic N) is 1. The summed E-state index contributed by atoms with van der Waals surface area (Å²) in [5, 5.41) is 9.61. The summed E-state index contributed by atoms with van der Waals surface area (Å²) < 4.78 is 0. The summed E-state index contributed by atoms with van der Waals surface area (Å²) in [6.45, 7) is 2.17. The van der Waals surface area contributed by atoms with Crippen molar-refractivity contribution in [2.75, 3.05) is 0 Å². The Bertz CT molecular complexity index is 198. The maximum Gasteiger partial charge on any atom is 0.0898 e. The first-order chi connectivity index (χ1) is 5.84. The third kappa shape index (κ3) is 2.91. The molecule has 1 rings (SSSR count). The molecule has 12 heavy (non-hydrogen) atoms. The van der Waals surface area contributed by atoms with Crippen molar-refractivity contribution >= 4 is 11.3 Å². The third-order valence-electron chi connectivity index (χ3n) is 1.86. The van der Waals surface area contributed by atoms with Gasteiger partial charge >= 0.3 is 0 Å². The minimum absolute atomic E-state index is 0.288. The van der Waals surface area contributed by atoms with Crippen LogP contribution < -0.4 is 0 Å². The molecule has 0 radical (unpaired) electrons. The lowest BCUT2D eigenvalue weighted by molar-refractivity contribution is 0.167. The van der Waals surface area contributed by atoms with E-state index in [4.69, 9.17) is 0 Å². The average Bonchev–Trinajstić information content (AvgIpc) is 2.56. The van der Waals surface area contributed by atoms with Gasteiger partial charge in [0.2, 0.25) is 0 Å². The van der Waals surface area contributed by atoms with Crippen LogP contribution in [0.15, 0.2) is 11.7 Å². The summed E-state index contributed by atoms with van der Waals surface area (Å²) >= 11 is 1.53. The number of thiazole rings is 1. The van der Waals surface area contributed by atoms with E-state index in [0.717, 1.165) is 17.7 Å². The summed E-state index contributed by atoms with van der Waals surface area (Å²) in [6.07, 6.45) is 5.85. The third-order valence-corrected chi connectivity index (χ3v) is 2.74. The number of aliphatic hydroxyl groups excluding tert-OH is 1. The smallest absolute Gasteiger partial charge is 0.0898 e. The molecular formula is C9H15NOS. The molecule has 1 N–H and O–H groups in total. The van der Waals surface area contributed by atoms with E-state index in [9.17, 15) is 5.11 Å². The molecule has 1 aromatic rings. The lowest BCUT2D eigenvalue weighted by atomic mass is 10.1. The quantitative estimate of drug-likeness (QED) is 0.715. The molecule has 3 heteroatoms.